The summed E-state index contributed by atoms with van der Waals surface area (Å²) >= 11 is 0. The average molecular weight is 314 g/mol. The van der Waals surface area contributed by atoms with E-state index in [-0.39, 0.29) is 12.0 Å². The van der Waals surface area contributed by atoms with Crippen LogP contribution in [0.5, 0.6) is 0 Å². The molecule has 0 bridgehead atoms. The minimum atomic E-state index is -0.410. The summed E-state index contributed by atoms with van der Waals surface area (Å²) in [4.78, 5) is 16.6. The summed E-state index contributed by atoms with van der Waals surface area (Å²) in [5.41, 5.74) is 3.13. The molecule has 0 saturated carbocycles. The second kappa shape index (κ2) is 6.04. The lowest BCUT2D eigenvalue weighted by molar-refractivity contribution is 0.157. The van der Waals surface area contributed by atoms with Crippen LogP contribution in [0.2, 0.25) is 0 Å². The Labute approximate surface area is 137 Å². The van der Waals surface area contributed by atoms with Gasteiger partial charge in [0.05, 0.1) is 28.7 Å². The Balaban J connectivity index is 2.30. The predicted molar refractivity (Wildman–Crippen MR) is 93.0 cm³/mol. The first kappa shape index (κ1) is 16.1. The predicted octanol–water partition coefficient (Wildman–Crippen LogP) is 2.84. The highest BCUT2D eigenvalue weighted by atomic mass is 16.3. The number of aryl methyl sites for hydroxylation is 2. The molecule has 2 aromatic heterocycles. The van der Waals surface area contributed by atoms with E-state index in [9.17, 15) is 5.11 Å². The lowest BCUT2D eigenvalue weighted by Crippen LogP contribution is -2.40. The number of pyridine rings is 1. The molecular formula is C18H26N4O. The maximum atomic E-state index is 10.2. The third-order valence-corrected chi connectivity index (χ3v) is 4.75. The van der Waals surface area contributed by atoms with Crippen molar-refractivity contribution >= 4 is 16.7 Å². The van der Waals surface area contributed by atoms with E-state index in [1.807, 2.05) is 14.0 Å². The Morgan fingerprint density at radius 2 is 2.00 bits per heavy atom. The van der Waals surface area contributed by atoms with Gasteiger partial charge in [-0.1, -0.05) is 20.8 Å². The molecule has 124 valence electrons. The summed E-state index contributed by atoms with van der Waals surface area (Å²) in [5, 5.41) is 11.2. The molecule has 0 fully saturated rings. The van der Waals surface area contributed by atoms with Crippen LogP contribution in [-0.4, -0.2) is 39.3 Å². The zero-order valence-electron chi connectivity index (χ0n) is 14.7. The van der Waals surface area contributed by atoms with Crippen LogP contribution in [0.4, 0.5) is 5.82 Å². The molecule has 0 radical (unpaired) electrons. The summed E-state index contributed by atoms with van der Waals surface area (Å²) in [6.45, 7) is 8.19. The van der Waals surface area contributed by atoms with Gasteiger partial charge in [-0.2, -0.15) is 0 Å². The molecule has 0 saturated heterocycles. The van der Waals surface area contributed by atoms with Gasteiger partial charge in [0.1, 0.15) is 11.6 Å². The highest BCUT2D eigenvalue weighted by Crippen LogP contribution is 2.34. The zero-order chi connectivity index (χ0) is 16.7. The van der Waals surface area contributed by atoms with E-state index in [1.54, 1.807) is 0 Å². The lowest BCUT2D eigenvalue weighted by atomic mass is 10.0. The van der Waals surface area contributed by atoms with Gasteiger partial charge < -0.3 is 10.0 Å². The van der Waals surface area contributed by atoms with Gasteiger partial charge in [-0.15, -0.1) is 0 Å². The number of aliphatic hydroxyl groups excluding tert-OH is 1. The van der Waals surface area contributed by atoms with Crippen molar-refractivity contribution in [3.63, 3.8) is 0 Å². The van der Waals surface area contributed by atoms with Crippen LogP contribution in [0.15, 0.2) is 6.07 Å². The summed E-state index contributed by atoms with van der Waals surface area (Å²) in [6, 6.07) is 2.14. The van der Waals surface area contributed by atoms with Crippen LogP contribution < -0.4 is 4.90 Å². The van der Waals surface area contributed by atoms with Gasteiger partial charge in [0, 0.05) is 18.7 Å². The zero-order valence-corrected chi connectivity index (χ0v) is 14.7. The second-order valence-electron chi connectivity index (χ2n) is 6.83. The SMILES string of the molecule is CCc1cc2nc(C(C)C)nc3c2c(n1)CC[C@H](C(C)O)N3C. The molecular weight excluding hydrogens is 288 g/mol. The van der Waals surface area contributed by atoms with Crippen LogP contribution in [0.25, 0.3) is 10.9 Å². The first-order valence-electron chi connectivity index (χ1n) is 8.53. The summed E-state index contributed by atoms with van der Waals surface area (Å²) < 4.78 is 0. The maximum Gasteiger partial charge on any atom is 0.142 e. The lowest BCUT2D eigenvalue weighted by Gasteiger charge is -2.30. The topological polar surface area (TPSA) is 62.1 Å². The number of anilines is 1. The summed E-state index contributed by atoms with van der Waals surface area (Å²) in [6.07, 6.45) is 2.21. The molecule has 5 heteroatoms. The Kier molecular flexibility index (Phi) is 4.23. The molecule has 5 nitrogen and oxygen atoms in total. The van der Waals surface area contributed by atoms with Crippen molar-refractivity contribution in [1.29, 1.82) is 0 Å². The Morgan fingerprint density at radius 1 is 1.26 bits per heavy atom. The molecule has 23 heavy (non-hydrogen) atoms. The summed E-state index contributed by atoms with van der Waals surface area (Å²) in [5.74, 6) is 2.02. The molecule has 2 atom stereocenters. The van der Waals surface area contributed by atoms with E-state index in [0.717, 1.165) is 53.2 Å². The third-order valence-electron chi connectivity index (χ3n) is 4.75. The van der Waals surface area contributed by atoms with E-state index < -0.39 is 6.10 Å². The van der Waals surface area contributed by atoms with E-state index in [4.69, 9.17) is 15.0 Å². The number of rotatable bonds is 3. The van der Waals surface area contributed by atoms with Gasteiger partial charge in [0.15, 0.2) is 0 Å². The molecule has 0 amide bonds. The molecule has 2 aromatic rings. The first-order valence-corrected chi connectivity index (χ1v) is 8.53. The number of nitrogens with zero attached hydrogens (tertiary/aromatic N) is 4. The van der Waals surface area contributed by atoms with E-state index in [0.29, 0.717) is 0 Å². The fourth-order valence-corrected chi connectivity index (χ4v) is 3.36. The molecule has 1 N–H and O–H groups in total. The highest BCUT2D eigenvalue weighted by Gasteiger charge is 2.29. The van der Waals surface area contributed by atoms with Crippen LogP contribution in [0.3, 0.4) is 0 Å². The van der Waals surface area contributed by atoms with Crippen molar-refractivity contribution in [2.24, 2.45) is 0 Å². The van der Waals surface area contributed by atoms with Crippen molar-refractivity contribution in [2.45, 2.75) is 65.0 Å². The highest BCUT2D eigenvalue weighted by molar-refractivity contribution is 5.92. The summed E-state index contributed by atoms with van der Waals surface area (Å²) in [7, 11) is 2.02. The molecule has 1 aliphatic heterocycles. The van der Waals surface area contributed by atoms with Gasteiger partial charge in [-0.05, 0) is 32.3 Å². The third kappa shape index (κ3) is 2.78. The van der Waals surface area contributed by atoms with Gasteiger partial charge >= 0.3 is 0 Å². The molecule has 0 aliphatic carbocycles. The van der Waals surface area contributed by atoms with E-state index in [2.05, 4.69) is 31.7 Å². The van der Waals surface area contributed by atoms with Crippen LogP contribution in [0.1, 0.15) is 57.2 Å². The number of hydrogen-bond donors (Lipinski definition) is 1. The maximum absolute atomic E-state index is 10.2. The van der Waals surface area contributed by atoms with Crippen molar-refractivity contribution in [3.05, 3.63) is 23.3 Å². The largest absolute Gasteiger partial charge is 0.391 e. The second-order valence-corrected chi connectivity index (χ2v) is 6.83. The van der Waals surface area contributed by atoms with Gasteiger partial charge in [-0.25, -0.2) is 9.97 Å². The number of hydrogen-bond acceptors (Lipinski definition) is 5. The van der Waals surface area contributed by atoms with E-state index in [1.165, 1.54) is 0 Å². The Bertz CT molecular complexity index is 727. The Morgan fingerprint density at radius 3 is 2.61 bits per heavy atom. The van der Waals surface area contributed by atoms with Crippen molar-refractivity contribution in [3.8, 4) is 0 Å². The molecule has 1 unspecified atom stereocenters. The minimum Gasteiger partial charge on any atom is -0.391 e. The smallest absolute Gasteiger partial charge is 0.142 e. The molecule has 0 spiro atoms. The first-order chi connectivity index (χ1) is 10.9. The normalized spacial score (nSPS) is 19.3. The van der Waals surface area contributed by atoms with Crippen LogP contribution in [0, 0.1) is 0 Å². The van der Waals surface area contributed by atoms with Gasteiger partial charge in [0.2, 0.25) is 0 Å². The number of aliphatic hydroxyl groups is 1. The molecule has 0 aromatic carbocycles. The van der Waals surface area contributed by atoms with Crippen molar-refractivity contribution in [1.82, 2.24) is 15.0 Å². The average Bonchev–Trinajstić information content (AvgIpc) is 2.65. The van der Waals surface area contributed by atoms with Crippen molar-refractivity contribution < 1.29 is 5.11 Å². The van der Waals surface area contributed by atoms with Crippen LogP contribution >= 0.6 is 0 Å². The monoisotopic (exact) mass is 314 g/mol. The quantitative estimate of drug-likeness (QED) is 0.944. The molecule has 1 aliphatic rings. The van der Waals surface area contributed by atoms with Crippen molar-refractivity contribution in [2.75, 3.05) is 11.9 Å². The van der Waals surface area contributed by atoms with Gasteiger partial charge in [-0.3, -0.25) is 4.98 Å². The molecule has 3 heterocycles. The number of likely N-dealkylation sites (N-methyl/N-ethyl adjacent to an activating group) is 1. The fraction of sp³-hybridized carbons (Fsp3) is 0.611. The fourth-order valence-electron chi connectivity index (χ4n) is 3.36. The molecule has 3 rings (SSSR count). The minimum absolute atomic E-state index is 0.0485. The Hall–Kier alpha value is -1.75. The van der Waals surface area contributed by atoms with Crippen LogP contribution in [-0.2, 0) is 12.8 Å². The standard InChI is InChI=1S/C18H26N4O/c1-6-12-9-14-16-13(19-12)7-8-15(11(4)23)22(5)18(16)21-17(20-14)10(2)3/h9-11,15,23H,6-8H2,1-5H3/t11?,15-/m1/s1. The van der Waals surface area contributed by atoms with E-state index >= 15 is 0 Å². The number of aromatic nitrogens is 3. The van der Waals surface area contributed by atoms with Gasteiger partial charge in [0.25, 0.3) is 0 Å².